The molecule has 2 saturated carbocycles. The summed E-state index contributed by atoms with van der Waals surface area (Å²) in [6, 6.07) is 0. The average Bonchev–Trinajstić information content (AvgIpc) is 2.61. The second kappa shape index (κ2) is 7.77. The van der Waals surface area contributed by atoms with Crippen molar-refractivity contribution in [2.24, 2.45) is 11.3 Å². The lowest BCUT2D eigenvalue weighted by Crippen LogP contribution is -2.45. The van der Waals surface area contributed by atoms with Crippen LogP contribution in [-0.2, 0) is 0 Å². The van der Waals surface area contributed by atoms with E-state index in [-0.39, 0.29) is 6.10 Å². The minimum atomic E-state index is -0.0120. The van der Waals surface area contributed by atoms with Crippen LogP contribution in [0.4, 0.5) is 0 Å². The van der Waals surface area contributed by atoms with Crippen molar-refractivity contribution in [1.82, 2.24) is 10.2 Å². The van der Waals surface area contributed by atoms with Gasteiger partial charge in [-0.05, 0) is 50.6 Å². The Morgan fingerprint density at radius 3 is 2.35 bits per heavy atom. The van der Waals surface area contributed by atoms with Crippen molar-refractivity contribution in [3.8, 4) is 0 Å². The molecule has 2 aliphatic carbocycles. The number of rotatable bonds is 7. The summed E-state index contributed by atoms with van der Waals surface area (Å²) in [5, 5.41) is 13.0. The first-order valence-corrected chi connectivity index (χ1v) is 8.71. The minimum absolute atomic E-state index is 0.0120. The molecule has 0 spiro atoms. The Kier molecular flexibility index (Phi) is 6.31. The molecule has 2 aliphatic rings. The molecule has 0 amide bonds. The van der Waals surface area contributed by atoms with Crippen LogP contribution in [0.3, 0.4) is 0 Å². The Labute approximate surface area is 125 Å². The van der Waals surface area contributed by atoms with E-state index in [1.165, 1.54) is 58.2 Å². The highest BCUT2D eigenvalue weighted by molar-refractivity contribution is 4.88. The van der Waals surface area contributed by atoms with E-state index in [0.717, 1.165) is 25.3 Å². The first-order chi connectivity index (χ1) is 9.63. The monoisotopic (exact) mass is 282 g/mol. The van der Waals surface area contributed by atoms with Crippen molar-refractivity contribution in [3.63, 3.8) is 0 Å². The van der Waals surface area contributed by atoms with E-state index in [2.05, 4.69) is 24.2 Å². The second-order valence-corrected chi connectivity index (χ2v) is 7.38. The van der Waals surface area contributed by atoms with Crippen molar-refractivity contribution >= 4 is 0 Å². The van der Waals surface area contributed by atoms with Gasteiger partial charge in [-0.3, -0.25) is 0 Å². The third-order valence-corrected chi connectivity index (χ3v) is 5.30. The zero-order valence-corrected chi connectivity index (χ0v) is 13.5. The molecule has 0 bridgehead atoms. The van der Waals surface area contributed by atoms with Crippen LogP contribution in [-0.4, -0.2) is 49.3 Å². The summed E-state index contributed by atoms with van der Waals surface area (Å²) in [5.74, 6) is 0.733. The minimum Gasteiger partial charge on any atom is -0.393 e. The van der Waals surface area contributed by atoms with Crippen LogP contribution >= 0.6 is 0 Å². The van der Waals surface area contributed by atoms with E-state index < -0.39 is 0 Å². The van der Waals surface area contributed by atoms with Gasteiger partial charge in [0, 0.05) is 19.6 Å². The number of nitrogens with one attached hydrogen (secondary N) is 1. The van der Waals surface area contributed by atoms with Gasteiger partial charge < -0.3 is 15.3 Å². The molecule has 20 heavy (non-hydrogen) atoms. The van der Waals surface area contributed by atoms with Gasteiger partial charge in [-0.25, -0.2) is 0 Å². The van der Waals surface area contributed by atoms with Crippen molar-refractivity contribution in [2.45, 2.75) is 64.4 Å². The van der Waals surface area contributed by atoms with Crippen LogP contribution in [0, 0.1) is 11.3 Å². The Morgan fingerprint density at radius 1 is 1.15 bits per heavy atom. The van der Waals surface area contributed by atoms with E-state index >= 15 is 0 Å². The first kappa shape index (κ1) is 16.3. The summed E-state index contributed by atoms with van der Waals surface area (Å²) < 4.78 is 0. The molecule has 0 heterocycles. The molecular weight excluding hydrogens is 248 g/mol. The Hall–Kier alpha value is -0.120. The van der Waals surface area contributed by atoms with Crippen LogP contribution in [0.25, 0.3) is 0 Å². The quantitative estimate of drug-likeness (QED) is 0.705. The van der Waals surface area contributed by atoms with Crippen LogP contribution in [0.1, 0.15) is 58.3 Å². The summed E-state index contributed by atoms with van der Waals surface area (Å²) in [5.41, 5.74) is 0.490. The molecule has 0 radical (unpaired) electrons. The predicted molar refractivity (Wildman–Crippen MR) is 84.9 cm³/mol. The van der Waals surface area contributed by atoms with Crippen LogP contribution in [0.15, 0.2) is 0 Å². The van der Waals surface area contributed by atoms with Crippen molar-refractivity contribution < 1.29 is 5.11 Å². The molecule has 0 aromatic rings. The van der Waals surface area contributed by atoms with E-state index in [9.17, 15) is 5.11 Å². The third kappa shape index (κ3) is 4.71. The summed E-state index contributed by atoms with van der Waals surface area (Å²) in [6.07, 6.45) is 10.5. The van der Waals surface area contributed by atoms with Gasteiger partial charge in [0.25, 0.3) is 0 Å². The molecule has 0 aromatic carbocycles. The van der Waals surface area contributed by atoms with E-state index in [1.807, 2.05) is 0 Å². The maximum Gasteiger partial charge on any atom is 0.0546 e. The van der Waals surface area contributed by atoms with E-state index in [0.29, 0.717) is 5.41 Å². The molecule has 2 rings (SSSR count). The topological polar surface area (TPSA) is 35.5 Å². The molecule has 2 N–H and O–H groups in total. The zero-order valence-electron chi connectivity index (χ0n) is 13.5. The van der Waals surface area contributed by atoms with Gasteiger partial charge >= 0.3 is 0 Å². The normalized spacial score (nSPS) is 30.0. The molecular formula is C17H34N2O. The van der Waals surface area contributed by atoms with Gasteiger partial charge in [0.15, 0.2) is 0 Å². The van der Waals surface area contributed by atoms with Crippen molar-refractivity contribution in [1.29, 1.82) is 0 Å². The highest BCUT2D eigenvalue weighted by Gasteiger charge is 2.34. The SMILES string of the molecule is CCNCC1(CN(C)CC2CC(O)C2)CCCCCC1. The maximum absolute atomic E-state index is 9.43. The predicted octanol–water partition coefficient (Wildman–Crippen LogP) is 2.64. The summed E-state index contributed by atoms with van der Waals surface area (Å²) in [6.45, 7) is 6.88. The van der Waals surface area contributed by atoms with Gasteiger partial charge in [0.05, 0.1) is 6.10 Å². The van der Waals surface area contributed by atoms with E-state index in [1.54, 1.807) is 0 Å². The fraction of sp³-hybridized carbons (Fsp3) is 1.00. The second-order valence-electron chi connectivity index (χ2n) is 7.38. The average molecular weight is 282 g/mol. The fourth-order valence-electron chi connectivity index (χ4n) is 4.19. The largest absolute Gasteiger partial charge is 0.393 e. The highest BCUT2D eigenvalue weighted by atomic mass is 16.3. The molecule has 0 saturated heterocycles. The number of nitrogens with zero attached hydrogens (tertiary/aromatic N) is 1. The molecule has 2 fully saturated rings. The van der Waals surface area contributed by atoms with Crippen molar-refractivity contribution in [2.75, 3.05) is 33.2 Å². The number of aliphatic hydroxyl groups is 1. The first-order valence-electron chi connectivity index (χ1n) is 8.71. The van der Waals surface area contributed by atoms with Gasteiger partial charge in [-0.2, -0.15) is 0 Å². The van der Waals surface area contributed by atoms with E-state index in [4.69, 9.17) is 0 Å². The fourth-order valence-corrected chi connectivity index (χ4v) is 4.19. The Bertz CT molecular complexity index is 268. The molecule has 0 unspecified atom stereocenters. The maximum atomic E-state index is 9.43. The number of hydrogen-bond donors (Lipinski definition) is 2. The third-order valence-electron chi connectivity index (χ3n) is 5.30. The zero-order chi connectivity index (χ0) is 14.4. The number of aliphatic hydroxyl groups excluding tert-OH is 1. The Balaban J connectivity index is 1.84. The lowest BCUT2D eigenvalue weighted by Gasteiger charge is -2.40. The number of hydrogen-bond acceptors (Lipinski definition) is 3. The molecule has 0 aromatic heterocycles. The molecule has 0 aliphatic heterocycles. The van der Waals surface area contributed by atoms with Crippen molar-refractivity contribution in [3.05, 3.63) is 0 Å². The highest BCUT2D eigenvalue weighted by Crippen LogP contribution is 2.36. The molecule has 118 valence electrons. The molecule has 3 nitrogen and oxygen atoms in total. The van der Waals surface area contributed by atoms with Gasteiger partial charge in [0.2, 0.25) is 0 Å². The standard InChI is InChI=1S/C17H34N2O/c1-3-18-13-17(8-6-4-5-7-9-17)14-19(2)12-15-10-16(20)11-15/h15-16,18,20H,3-14H2,1-2H3. The molecule has 0 atom stereocenters. The smallest absolute Gasteiger partial charge is 0.0546 e. The van der Waals surface area contributed by atoms with Gasteiger partial charge in [0.1, 0.15) is 0 Å². The van der Waals surface area contributed by atoms with Crippen LogP contribution < -0.4 is 5.32 Å². The molecule has 3 heteroatoms. The van der Waals surface area contributed by atoms with Gasteiger partial charge in [-0.15, -0.1) is 0 Å². The summed E-state index contributed by atoms with van der Waals surface area (Å²) in [7, 11) is 2.28. The lowest BCUT2D eigenvalue weighted by molar-refractivity contribution is 0.0202. The van der Waals surface area contributed by atoms with Gasteiger partial charge in [-0.1, -0.05) is 32.6 Å². The Morgan fingerprint density at radius 2 is 1.80 bits per heavy atom. The summed E-state index contributed by atoms with van der Waals surface area (Å²) in [4.78, 5) is 2.54. The summed E-state index contributed by atoms with van der Waals surface area (Å²) >= 11 is 0. The lowest BCUT2D eigenvalue weighted by atomic mass is 9.78. The van der Waals surface area contributed by atoms with Crippen LogP contribution in [0.5, 0.6) is 0 Å². The van der Waals surface area contributed by atoms with Crippen LogP contribution in [0.2, 0.25) is 0 Å².